The molecule has 0 aliphatic carbocycles. The summed E-state index contributed by atoms with van der Waals surface area (Å²) in [6.45, 7) is 12.8. The smallest absolute Gasteiger partial charge is 0.160 e. The minimum atomic E-state index is -1.07. The molecule has 4 nitrogen and oxygen atoms in total. The monoisotopic (exact) mass is 445 g/mol. The molecule has 0 spiro atoms. The van der Waals surface area contributed by atoms with Crippen LogP contribution < -0.4 is 0 Å². The van der Waals surface area contributed by atoms with Crippen LogP contribution in [0.25, 0.3) is 22.4 Å². The summed E-state index contributed by atoms with van der Waals surface area (Å²) in [5, 5.41) is 0. The molecule has 0 unspecified atom stereocenters. The van der Waals surface area contributed by atoms with Crippen molar-refractivity contribution in [3.63, 3.8) is 0 Å². The fourth-order valence-electron chi connectivity index (χ4n) is 3.01. The molecule has 2 aromatic heterocycles. The van der Waals surface area contributed by atoms with Crippen molar-refractivity contribution in [2.75, 3.05) is 6.61 Å². The average molecular weight is 446 g/mol. The number of halogens is 1. The fourth-order valence-corrected chi connectivity index (χ4v) is 4.31. The van der Waals surface area contributed by atoms with Gasteiger partial charge in [-0.25, -0.2) is 9.97 Å². The van der Waals surface area contributed by atoms with E-state index in [1.54, 1.807) is 0 Å². The highest BCUT2D eigenvalue weighted by atomic mass is 79.9. The molecule has 0 atom stereocenters. The topological polar surface area (TPSA) is 39.9 Å². The number of nitrogens with zero attached hydrogens (tertiary/aromatic N) is 3. The zero-order valence-corrected chi connectivity index (χ0v) is 19.4. The lowest BCUT2D eigenvalue weighted by Gasteiger charge is -2.15. The summed E-state index contributed by atoms with van der Waals surface area (Å²) in [5.41, 5.74) is 4.27. The Hall–Kier alpha value is -1.50. The molecule has 0 bridgehead atoms. The van der Waals surface area contributed by atoms with Crippen LogP contribution in [0, 0.1) is 0 Å². The third-order valence-electron chi connectivity index (χ3n) is 4.62. The second-order valence-electron chi connectivity index (χ2n) is 8.46. The van der Waals surface area contributed by atoms with Crippen molar-refractivity contribution in [1.29, 1.82) is 0 Å². The molecule has 27 heavy (non-hydrogen) atoms. The minimum absolute atomic E-state index is 0.424. The van der Waals surface area contributed by atoms with Gasteiger partial charge >= 0.3 is 0 Å². The van der Waals surface area contributed by atoms with Crippen molar-refractivity contribution in [3.05, 3.63) is 46.7 Å². The molecule has 3 aromatic rings. The lowest BCUT2D eigenvalue weighted by Crippen LogP contribution is -2.21. The lowest BCUT2D eigenvalue weighted by molar-refractivity contribution is 0.0901. The van der Waals surface area contributed by atoms with Gasteiger partial charge < -0.3 is 9.30 Å². The Kier molecular flexibility index (Phi) is 6.18. The van der Waals surface area contributed by atoms with Crippen molar-refractivity contribution < 1.29 is 4.74 Å². The Morgan fingerprint density at radius 2 is 1.93 bits per heavy atom. The third-order valence-corrected chi connectivity index (χ3v) is 6.91. The van der Waals surface area contributed by atoms with Crippen molar-refractivity contribution >= 4 is 35.0 Å². The van der Waals surface area contributed by atoms with Crippen molar-refractivity contribution in [1.82, 2.24) is 14.5 Å². The molecule has 1 aromatic carbocycles. The van der Waals surface area contributed by atoms with Crippen LogP contribution in [0.5, 0.6) is 0 Å². The van der Waals surface area contributed by atoms with Gasteiger partial charge in [-0.2, -0.15) is 0 Å². The Bertz CT molecular complexity index is 931. The van der Waals surface area contributed by atoms with Crippen LogP contribution in [0.15, 0.2) is 41.1 Å². The maximum absolute atomic E-state index is 5.90. The van der Waals surface area contributed by atoms with Gasteiger partial charge in [-0.15, -0.1) is 0 Å². The molecule has 6 heteroatoms. The van der Waals surface area contributed by atoms with E-state index in [0.29, 0.717) is 12.6 Å². The summed E-state index contributed by atoms with van der Waals surface area (Å²) in [5.74, 6) is 1.19. The highest BCUT2D eigenvalue weighted by Gasteiger charge is 2.15. The SMILES string of the molecule is CC(C)c1ccccc1-c1ncc2c(n1)c(Br)cn2COCC[Si](C)(C)C. The number of hydrogen-bond acceptors (Lipinski definition) is 3. The summed E-state index contributed by atoms with van der Waals surface area (Å²) in [6.07, 6.45) is 3.94. The predicted octanol–water partition coefficient (Wildman–Crippen LogP) is 6.30. The molecule has 144 valence electrons. The molecule has 0 aliphatic heterocycles. The lowest BCUT2D eigenvalue weighted by atomic mass is 9.97. The second-order valence-corrected chi connectivity index (χ2v) is 14.9. The van der Waals surface area contributed by atoms with Crippen molar-refractivity contribution in [3.8, 4) is 11.4 Å². The summed E-state index contributed by atoms with van der Waals surface area (Å²) in [4.78, 5) is 9.51. The molecular weight excluding hydrogens is 418 g/mol. The van der Waals surface area contributed by atoms with Gasteiger partial charge in [-0.1, -0.05) is 57.8 Å². The highest BCUT2D eigenvalue weighted by molar-refractivity contribution is 9.10. The fraction of sp³-hybridized carbons (Fsp3) is 0.429. The number of benzene rings is 1. The van der Waals surface area contributed by atoms with Crippen LogP contribution in [0.1, 0.15) is 25.3 Å². The molecule has 0 saturated carbocycles. The van der Waals surface area contributed by atoms with E-state index in [1.807, 2.05) is 18.5 Å². The molecule has 3 rings (SSSR count). The number of ether oxygens (including phenoxy) is 1. The molecule has 0 radical (unpaired) electrons. The normalized spacial score (nSPS) is 12.3. The van der Waals surface area contributed by atoms with Crippen LogP contribution in [-0.4, -0.2) is 29.2 Å². The van der Waals surface area contributed by atoms with E-state index in [1.165, 1.54) is 11.6 Å². The first-order chi connectivity index (χ1) is 12.8. The maximum atomic E-state index is 5.90. The largest absolute Gasteiger partial charge is 0.361 e. The van der Waals surface area contributed by atoms with E-state index in [-0.39, 0.29) is 0 Å². The van der Waals surface area contributed by atoms with Gasteiger partial charge in [0, 0.05) is 26.4 Å². The number of fused-ring (bicyclic) bond motifs is 1. The van der Waals surface area contributed by atoms with Crippen LogP contribution in [0.3, 0.4) is 0 Å². The van der Waals surface area contributed by atoms with Crippen LogP contribution in [-0.2, 0) is 11.5 Å². The Balaban J connectivity index is 1.86. The maximum Gasteiger partial charge on any atom is 0.160 e. The molecule has 0 amide bonds. The third kappa shape index (κ3) is 4.86. The molecule has 0 saturated heterocycles. The Labute approximate surface area is 171 Å². The van der Waals surface area contributed by atoms with Crippen LogP contribution in [0.2, 0.25) is 25.7 Å². The van der Waals surface area contributed by atoms with E-state index >= 15 is 0 Å². The quantitative estimate of drug-likeness (QED) is 0.316. The second kappa shape index (κ2) is 8.25. The van der Waals surface area contributed by atoms with Gasteiger partial charge in [-0.05, 0) is 33.5 Å². The molecule has 2 heterocycles. The molecular formula is C21H28BrN3OSi. The van der Waals surface area contributed by atoms with Gasteiger partial charge in [-0.3, -0.25) is 0 Å². The summed E-state index contributed by atoms with van der Waals surface area (Å²) >= 11 is 3.65. The van der Waals surface area contributed by atoms with E-state index in [4.69, 9.17) is 9.72 Å². The van der Waals surface area contributed by atoms with Gasteiger partial charge in [0.1, 0.15) is 12.2 Å². The number of rotatable bonds is 7. The first-order valence-corrected chi connectivity index (χ1v) is 13.9. The Morgan fingerprint density at radius 1 is 1.19 bits per heavy atom. The van der Waals surface area contributed by atoms with Gasteiger partial charge in [0.15, 0.2) is 5.82 Å². The highest BCUT2D eigenvalue weighted by Crippen LogP contribution is 2.30. The van der Waals surface area contributed by atoms with Gasteiger partial charge in [0.25, 0.3) is 0 Å². The van der Waals surface area contributed by atoms with E-state index in [9.17, 15) is 0 Å². The summed E-state index contributed by atoms with van der Waals surface area (Å²) in [6, 6.07) is 9.53. The van der Waals surface area contributed by atoms with Crippen LogP contribution in [0.4, 0.5) is 0 Å². The van der Waals surface area contributed by atoms with Gasteiger partial charge in [0.05, 0.1) is 16.2 Å². The standard InChI is InChI=1S/C21H28BrN3OSi/c1-15(2)16-8-6-7-9-17(16)21-23-12-19-20(24-21)18(22)13-25(19)14-26-10-11-27(3,4)5/h6-9,12-13,15H,10-11,14H2,1-5H3. The van der Waals surface area contributed by atoms with Crippen LogP contribution >= 0.6 is 15.9 Å². The first-order valence-electron chi connectivity index (χ1n) is 9.45. The Morgan fingerprint density at radius 3 is 2.63 bits per heavy atom. The van der Waals surface area contributed by atoms with E-state index in [2.05, 4.69) is 77.2 Å². The van der Waals surface area contributed by atoms with E-state index in [0.717, 1.165) is 33.5 Å². The number of hydrogen-bond donors (Lipinski definition) is 0. The van der Waals surface area contributed by atoms with Gasteiger partial charge in [0.2, 0.25) is 0 Å². The first kappa shape index (κ1) is 20.2. The average Bonchev–Trinajstić information content (AvgIpc) is 2.93. The van der Waals surface area contributed by atoms with Crippen molar-refractivity contribution in [2.24, 2.45) is 0 Å². The summed E-state index contributed by atoms with van der Waals surface area (Å²) in [7, 11) is -1.07. The molecule has 0 fully saturated rings. The minimum Gasteiger partial charge on any atom is -0.361 e. The zero-order valence-electron chi connectivity index (χ0n) is 16.8. The number of aromatic nitrogens is 3. The zero-order chi connectivity index (χ0) is 19.6. The van der Waals surface area contributed by atoms with Crippen molar-refractivity contribution in [2.45, 2.75) is 52.2 Å². The predicted molar refractivity (Wildman–Crippen MR) is 119 cm³/mol. The molecule has 0 aliphatic rings. The summed E-state index contributed by atoms with van der Waals surface area (Å²) < 4.78 is 8.94. The molecule has 0 N–H and O–H groups in total. The van der Waals surface area contributed by atoms with E-state index < -0.39 is 8.07 Å².